The summed E-state index contributed by atoms with van der Waals surface area (Å²) in [6.07, 6.45) is -6.72. The number of cyclic esters (lactones) is 1. The molecule has 1 aromatic carbocycles. The number of carbonyl (C=O) groups is 4. The number of ketones is 1. The molecule has 22 nitrogen and oxygen atoms in total. The molecule has 4 heterocycles. The van der Waals surface area contributed by atoms with Crippen molar-refractivity contribution >= 4 is 51.9 Å². The number of carboxylic acids is 1. The largest absolute Gasteiger partial charge is 0.477 e. The summed E-state index contributed by atoms with van der Waals surface area (Å²) >= 11 is 6.58. The summed E-state index contributed by atoms with van der Waals surface area (Å²) in [5.41, 5.74) is -4.40. The third-order valence-electron chi connectivity index (χ3n) is 17.2. The van der Waals surface area contributed by atoms with Gasteiger partial charge in [-0.3, -0.25) is 19.2 Å². The van der Waals surface area contributed by atoms with E-state index in [-0.39, 0.29) is 87.0 Å². The molecule has 1 saturated carbocycles. The minimum atomic E-state index is -2.04. The number of rotatable bonds is 21. The van der Waals surface area contributed by atoms with E-state index in [0.29, 0.717) is 29.2 Å². The van der Waals surface area contributed by atoms with Gasteiger partial charge in [-0.2, -0.15) is 0 Å². The lowest BCUT2D eigenvalue weighted by Crippen LogP contribution is -2.61. The van der Waals surface area contributed by atoms with Crippen molar-refractivity contribution in [3.05, 3.63) is 39.1 Å². The van der Waals surface area contributed by atoms with E-state index in [1.165, 1.54) is 34.3 Å². The molecule has 6 rings (SSSR count). The fourth-order valence-corrected chi connectivity index (χ4v) is 12.3. The molecule has 23 heteroatoms. The minimum Gasteiger partial charge on any atom is -0.477 e. The second kappa shape index (κ2) is 27.9. The van der Waals surface area contributed by atoms with Gasteiger partial charge in [0, 0.05) is 68.6 Å². The number of anilines is 1. The van der Waals surface area contributed by atoms with Crippen molar-refractivity contribution in [1.82, 2.24) is 9.47 Å². The smallest absolute Gasteiger partial charge is 0.341 e. The molecule has 458 valence electrons. The number of carbonyl (C=O) groups excluding carboxylic acids is 3. The van der Waals surface area contributed by atoms with Crippen LogP contribution in [0.2, 0.25) is 5.02 Å². The normalized spacial score (nSPS) is 36.5. The van der Waals surface area contributed by atoms with Crippen LogP contribution >= 0.6 is 11.6 Å². The van der Waals surface area contributed by atoms with Crippen molar-refractivity contribution < 1.29 is 87.0 Å². The monoisotopic (exact) mass is 1170 g/mol. The molecule has 4 aliphatic rings. The fourth-order valence-electron chi connectivity index (χ4n) is 12.0. The number of hydrogen-bond donors (Lipinski definition) is 5. The van der Waals surface area contributed by atoms with E-state index in [4.69, 9.17) is 59.0 Å². The molecule has 2 aromatic rings. The number of nitrogens with one attached hydrogen (secondary N) is 1. The molecule has 18 atom stereocenters. The number of hydrogen-bond acceptors (Lipinski definition) is 20. The van der Waals surface area contributed by atoms with Crippen LogP contribution in [0, 0.1) is 23.7 Å². The van der Waals surface area contributed by atoms with Crippen molar-refractivity contribution in [1.29, 1.82) is 0 Å². The Bertz CT molecular complexity index is 2550. The highest BCUT2D eigenvalue weighted by Gasteiger charge is 2.55. The van der Waals surface area contributed by atoms with Gasteiger partial charge in [-0.25, -0.2) is 4.79 Å². The summed E-state index contributed by atoms with van der Waals surface area (Å²) in [4.78, 5) is 69.0. The second-order valence-electron chi connectivity index (χ2n) is 23.7. The van der Waals surface area contributed by atoms with E-state index < -0.39 is 119 Å². The third kappa shape index (κ3) is 15.3. The Balaban J connectivity index is 1.11. The fraction of sp³-hybridized carbons (Fsp3) is 0.776. The van der Waals surface area contributed by atoms with Gasteiger partial charge in [-0.05, 0) is 99.9 Å². The molecule has 3 saturated heterocycles. The Labute approximate surface area is 480 Å². The van der Waals surface area contributed by atoms with E-state index >= 15 is 0 Å². The maximum Gasteiger partial charge on any atom is 0.341 e. The lowest BCUT2D eigenvalue weighted by atomic mass is 9.74. The average molecular weight is 1170 g/mol. The van der Waals surface area contributed by atoms with E-state index in [2.05, 4.69) is 5.32 Å². The summed E-state index contributed by atoms with van der Waals surface area (Å²) in [5.74, 6) is -6.75. The summed E-state index contributed by atoms with van der Waals surface area (Å²) in [6.45, 7) is 17.8. The van der Waals surface area contributed by atoms with E-state index in [1.54, 1.807) is 53.7 Å². The van der Waals surface area contributed by atoms with Gasteiger partial charge in [-0.15, -0.1) is 0 Å². The number of likely N-dealkylation sites (N-methyl/N-ethyl adjacent to an activating group) is 1. The van der Waals surface area contributed by atoms with Crippen LogP contribution in [0.4, 0.5) is 5.69 Å². The molecule has 0 spiro atoms. The Hall–Kier alpha value is -3.88. The van der Waals surface area contributed by atoms with Gasteiger partial charge in [0.1, 0.15) is 34.8 Å². The molecule has 4 fully saturated rings. The molecule has 5 N–H and O–H groups in total. The van der Waals surface area contributed by atoms with Gasteiger partial charge in [0.05, 0.1) is 91.1 Å². The number of aromatic carboxylic acids is 1. The highest BCUT2D eigenvalue weighted by Crippen LogP contribution is 2.43. The van der Waals surface area contributed by atoms with Crippen molar-refractivity contribution in [3.63, 3.8) is 0 Å². The lowest BCUT2D eigenvalue weighted by molar-refractivity contribution is -0.320. The number of fused-ring (bicyclic) bond motifs is 1. The Kier molecular flexibility index (Phi) is 22.8. The number of pyridine rings is 1. The van der Waals surface area contributed by atoms with Crippen LogP contribution in [0.3, 0.4) is 0 Å². The lowest BCUT2D eigenvalue weighted by Gasteiger charge is -2.50. The molecular weight excluding hydrogens is 1080 g/mol. The average Bonchev–Trinajstić information content (AvgIpc) is 4.41. The highest BCUT2D eigenvalue weighted by atomic mass is 35.5. The number of nitrogens with zero attached hydrogens (tertiary/aromatic N) is 2. The predicted molar refractivity (Wildman–Crippen MR) is 298 cm³/mol. The van der Waals surface area contributed by atoms with Gasteiger partial charge in [0.2, 0.25) is 5.43 Å². The number of carboxylic acid groups (broad SMARTS) is 1. The SMILES string of the molecule is CC[C@H]1OC(=O)[C@H](C)[C@@H](O[C@H]2C[C@@](C)(OC)[C@@H](OC(=O)CCOCCOCCNc3cc4c(=O)c(C(=O)O)cn(C5CC5)c4cc3Cl)[C@H](C)O2)[C@H](C)[C@@H](O[C@H]2O[C@@H](C)C[C@@H](N(C)C)[C@@H]2O)[C@](C)(OC)C[C@@H](C)C(=O)[C@H](C)[C@@H](O)[C@]1(C)O. The summed E-state index contributed by atoms with van der Waals surface area (Å²) in [7, 11) is 6.69. The molecule has 1 aromatic heterocycles. The van der Waals surface area contributed by atoms with E-state index in [0.717, 1.165) is 12.8 Å². The zero-order valence-corrected chi connectivity index (χ0v) is 50.4. The van der Waals surface area contributed by atoms with Gasteiger partial charge < -0.3 is 82.6 Å². The summed E-state index contributed by atoms with van der Waals surface area (Å²) in [6, 6.07) is 3.02. The zero-order valence-electron chi connectivity index (χ0n) is 49.6. The summed E-state index contributed by atoms with van der Waals surface area (Å²) in [5, 5.41) is 48.7. The predicted octanol–water partition coefficient (Wildman–Crippen LogP) is 5.53. The maximum atomic E-state index is 14.6. The standard InChI is InChI=1S/C58H90ClN3O19/c1-15-43-58(10,71)50(67)32(4)46(64)30(2)27-56(8,72-13)51(81-55-48(66)42(61(11)12)24-31(3)76-55)33(5)49(34(6)54(70)78-43)80-45-28-57(9,73-14)52(35(7)77-45)79-44(63)18-20-74-22-23-75-21-19-60-40-25-37-41(26-39(40)59)62(36-16-17-36)29-38(47(37)65)53(68)69/h25-26,29-36,42-43,45,48-52,55,60,66-67,71H,15-24,27-28H2,1-14H3,(H,68,69)/t30-,31+,32+,33+,34-,35+,42-,43-,45+,48+,49+,50-,51-,52+,55-,56-,57-,58-/m1/s1. The minimum absolute atomic E-state index is 0.0136. The van der Waals surface area contributed by atoms with Crippen molar-refractivity contribution in [2.45, 2.75) is 204 Å². The molecule has 0 radical (unpaired) electrons. The third-order valence-corrected chi connectivity index (χ3v) is 17.5. The Morgan fingerprint density at radius 1 is 0.877 bits per heavy atom. The zero-order chi connectivity index (χ0) is 60.1. The molecule has 3 aliphatic heterocycles. The molecule has 0 unspecified atom stereocenters. The highest BCUT2D eigenvalue weighted by molar-refractivity contribution is 6.34. The van der Waals surface area contributed by atoms with Crippen LogP contribution in [0.1, 0.15) is 131 Å². The maximum absolute atomic E-state index is 14.6. The van der Waals surface area contributed by atoms with Crippen LogP contribution in [0.5, 0.6) is 0 Å². The first-order valence-electron chi connectivity index (χ1n) is 28.5. The van der Waals surface area contributed by atoms with Gasteiger partial charge in [-0.1, -0.05) is 39.3 Å². The first-order chi connectivity index (χ1) is 38.0. The molecular formula is C58H90ClN3O19. The first-order valence-corrected chi connectivity index (χ1v) is 28.8. The van der Waals surface area contributed by atoms with Crippen LogP contribution in [0.25, 0.3) is 10.9 Å². The number of esters is 2. The number of Topliss-reactive ketones (excluding diaryl/α,β-unsaturated/α-hetero) is 1. The number of aromatic nitrogens is 1. The van der Waals surface area contributed by atoms with Crippen molar-refractivity contribution in [3.8, 4) is 0 Å². The number of aliphatic hydroxyl groups is 3. The number of methoxy groups -OCH3 is 2. The van der Waals surface area contributed by atoms with Crippen molar-refractivity contribution in [2.24, 2.45) is 23.7 Å². The topological polar surface area (TPSA) is 279 Å². The number of aliphatic hydroxyl groups excluding tert-OH is 2. The second-order valence-corrected chi connectivity index (χ2v) is 24.1. The van der Waals surface area contributed by atoms with Crippen LogP contribution in [-0.4, -0.2) is 199 Å². The van der Waals surface area contributed by atoms with Crippen LogP contribution in [-0.2, 0) is 61.8 Å². The number of halogens is 1. The van der Waals surface area contributed by atoms with Crippen LogP contribution in [0.15, 0.2) is 23.1 Å². The Morgan fingerprint density at radius 3 is 2.12 bits per heavy atom. The van der Waals surface area contributed by atoms with Gasteiger partial charge in [0.25, 0.3) is 0 Å². The summed E-state index contributed by atoms with van der Waals surface area (Å²) < 4.78 is 64.4. The number of ether oxygens (including phenoxy) is 10. The first kappa shape index (κ1) is 66.3. The van der Waals surface area contributed by atoms with Crippen molar-refractivity contribution in [2.75, 3.05) is 66.6 Å². The number of benzene rings is 1. The van der Waals surface area contributed by atoms with Crippen LogP contribution < -0.4 is 10.7 Å². The molecule has 1 aliphatic carbocycles. The quantitative estimate of drug-likeness (QED) is 0.0759. The Morgan fingerprint density at radius 2 is 1.52 bits per heavy atom. The molecule has 0 bridgehead atoms. The van der Waals surface area contributed by atoms with E-state index in [9.17, 15) is 44.4 Å². The van der Waals surface area contributed by atoms with Gasteiger partial charge in [0.15, 0.2) is 18.7 Å². The molecule has 0 amide bonds. The molecule has 81 heavy (non-hydrogen) atoms. The van der Waals surface area contributed by atoms with E-state index in [1.807, 2.05) is 37.4 Å². The van der Waals surface area contributed by atoms with Gasteiger partial charge >= 0.3 is 17.9 Å².